The van der Waals surface area contributed by atoms with E-state index < -0.39 is 0 Å². The molecule has 1 saturated heterocycles. The van der Waals surface area contributed by atoms with Gasteiger partial charge in [0.25, 0.3) is 0 Å². The number of rotatable bonds is 5. The van der Waals surface area contributed by atoms with Crippen LogP contribution in [-0.2, 0) is 4.79 Å². The van der Waals surface area contributed by atoms with Gasteiger partial charge in [-0.3, -0.25) is 9.59 Å². The summed E-state index contributed by atoms with van der Waals surface area (Å²) in [7, 11) is 0. The van der Waals surface area contributed by atoms with Gasteiger partial charge in [-0.1, -0.05) is 23.7 Å². The maximum atomic E-state index is 12.4. The Balaban J connectivity index is 1.48. The molecule has 132 valence electrons. The average Bonchev–Trinajstić information content (AvgIpc) is 3.06. The molecule has 1 amide bonds. The topological polar surface area (TPSA) is 76.3 Å². The molecule has 2 heterocycles. The fourth-order valence-electron chi connectivity index (χ4n) is 3.05. The van der Waals surface area contributed by atoms with Crippen LogP contribution in [0.3, 0.4) is 0 Å². The Morgan fingerprint density at radius 2 is 1.92 bits per heavy atom. The summed E-state index contributed by atoms with van der Waals surface area (Å²) in [5.41, 5.74) is 0.474. The molecule has 1 aromatic carbocycles. The van der Waals surface area contributed by atoms with Gasteiger partial charge in [0.2, 0.25) is 17.7 Å². The summed E-state index contributed by atoms with van der Waals surface area (Å²) in [5.74, 6) is 1.32. The maximum absolute atomic E-state index is 12.4. The summed E-state index contributed by atoms with van der Waals surface area (Å²) in [4.78, 5) is 26.4. The van der Waals surface area contributed by atoms with E-state index in [9.17, 15) is 9.59 Å². The molecular weight excluding hydrogens is 342 g/mol. The second-order valence-corrected chi connectivity index (χ2v) is 6.62. The number of likely N-dealkylation sites (tertiary alicyclic amines) is 1. The molecule has 0 atom stereocenters. The van der Waals surface area contributed by atoms with Crippen LogP contribution in [-0.4, -0.2) is 39.9 Å². The molecule has 6 nitrogen and oxygen atoms in total. The number of nitrogens with zero attached hydrogens (tertiary/aromatic N) is 3. The maximum Gasteiger partial charge on any atom is 0.223 e. The van der Waals surface area contributed by atoms with Crippen LogP contribution in [0.4, 0.5) is 0 Å². The average molecular weight is 362 g/mol. The van der Waals surface area contributed by atoms with Crippen LogP contribution in [0, 0.1) is 6.92 Å². The lowest BCUT2D eigenvalue weighted by Crippen LogP contribution is -2.38. The summed E-state index contributed by atoms with van der Waals surface area (Å²) >= 11 is 6.02. The molecule has 2 aromatic rings. The van der Waals surface area contributed by atoms with Crippen LogP contribution < -0.4 is 0 Å². The third-order valence-electron chi connectivity index (χ3n) is 4.48. The molecule has 0 saturated carbocycles. The number of Topliss-reactive ketones (excluding diaryl/α,β-unsaturated/α-hetero) is 1. The van der Waals surface area contributed by atoms with Crippen LogP contribution >= 0.6 is 11.6 Å². The van der Waals surface area contributed by atoms with E-state index in [-0.39, 0.29) is 30.4 Å². The minimum Gasteiger partial charge on any atom is -0.425 e. The van der Waals surface area contributed by atoms with Gasteiger partial charge in [0.15, 0.2) is 5.78 Å². The van der Waals surface area contributed by atoms with Gasteiger partial charge in [-0.15, -0.1) is 10.2 Å². The Bertz CT molecular complexity index is 766. The predicted molar refractivity (Wildman–Crippen MR) is 92.6 cm³/mol. The number of hydrogen-bond donors (Lipinski definition) is 0. The Morgan fingerprint density at radius 1 is 1.20 bits per heavy atom. The molecule has 1 aromatic heterocycles. The summed E-state index contributed by atoms with van der Waals surface area (Å²) in [6.45, 7) is 3.06. The van der Waals surface area contributed by atoms with Gasteiger partial charge < -0.3 is 9.32 Å². The van der Waals surface area contributed by atoms with Crippen molar-refractivity contribution in [1.29, 1.82) is 0 Å². The summed E-state index contributed by atoms with van der Waals surface area (Å²) in [5, 5.41) is 8.35. The van der Waals surface area contributed by atoms with Gasteiger partial charge in [-0.05, 0) is 25.0 Å². The van der Waals surface area contributed by atoms with Crippen molar-refractivity contribution in [3.05, 3.63) is 46.6 Å². The number of amides is 1. The standard InChI is InChI=1S/C18H20ClN3O3/c1-12-20-21-18(25-12)13-8-10-22(11-9-13)17(24)7-6-16(23)14-4-2-3-5-15(14)19/h2-5,13H,6-11H2,1H3. The van der Waals surface area contributed by atoms with E-state index in [1.807, 2.05) is 0 Å². The molecule has 1 aliphatic heterocycles. The molecule has 1 aliphatic rings. The number of ketones is 1. The van der Waals surface area contributed by atoms with Crippen molar-refractivity contribution in [3.8, 4) is 0 Å². The van der Waals surface area contributed by atoms with Crippen molar-refractivity contribution >= 4 is 23.3 Å². The first kappa shape index (κ1) is 17.6. The number of carbonyl (C=O) groups is 2. The van der Waals surface area contributed by atoms with Gasteiger partial charge in [0, 0.05) is 44.3 Å². The van der Waals surface area contributed by atoms with Gasteiger partial charge in [-0.2, -0.15) is 0 Å². The number of carbonyl (C=O) groups excluding carboxylic acids is 2. The van der Waals surface area contributed by atoms with Gasteiger partial charge in [-0.25, -0.2) is 0 Å². The molecule has 0 bridgehead atoms. The second kappa shape index (κ2) is 7.78. The third kappa shape index (κ3) is 4.25. The number of aromatic nitrogens is 2. The zero-order chi connectivity index (χ0) is 17.8. The van der Waals surface area contributed by atoms with Crippen molar-refractivity contribution in [2.75, 3.05) is 13.1 Å². The fraction of sp³-hybridized carbons (Fsp3) is 0.444. The number of hydrogen-bond acceptors (Lipinski definition) is 5. The van der Waals surface area contributed by atoms with E-state index in [4.69, 9.17) is 16.0 Å². The summed E-state index contributed by atoms with van der Waals surface area (Å²) in [6.07, 6.45) is 1.97. The van der Waals surface area contributed by atoms with Crippen LogP contribution in [0.25, 0.3) is 0 Å². The zero-order valence-corrected chi connectivity index (χ0v) is 14.8. The predicted octanol–water partition coefficient (Wildman–Crippen LogP) is 3.40. The van der Waals surface area contributed by atoms with Crippen LogP contribution in [0.5, 0.6) is 0 Å². The largest absolute Gasteiger partial charge is 0.425 e. The number of halogens is 1. The number of piperidine rings is 1. The Hall–Kier alpha value is -2.21. The molecule has 7 heteroatoms. The van der Waals surface area contributed by atoms with E-state index in [0.29, 0.717) is 35.5 Å². The highest BCUT2D eigenvalue weighted by molar-refractivity contribution is 6.34. The summed E-state index contributed by atoms with van der Waals surface area (Å²) < 4.78 is 5.48. The SMILES string of the molecule is Cc1nnc(C2CCN(C(=O)CCC(=O)c3ccccc3Cl)CC2)o1. The summed E-state index contributed by atoms with van der Waals surface area (Å²) in [6, 6.07) is 6.91. The molecule has 0 N–H and O–H groups in total. The normalized spacial score (nSPS) is 15.4. The van der Waals surface area contributed by atoms with E-state index in [1.165, 1.54) is 0 Å². The Kier molecular flexibility index (Phi) is 5.48. The first-order valence-electron chi connectivity index (χ1n) is 8.40. The molecular formula is C18H20ClN3O3. The highest BCUT2D eigenvalue weighted by atomic mass is 35.5. The smallest absolute Gasteiger partial charge is 0.223 e. The minimum absolute atomic E-state index is 0.000521. The third-order valence-corrected chi connectivity index (χ3v) is 4.81. The van der Waals surface area contributed by atoms with Crippen LogP contribution in [0.2, 0.25) is 5.02 Å². The second-order valence-electron chi connectivity index (χ2n) is 6.22. The van der Waals surface area contributed by atoms with E-state index in [0.717, 1.165) is 12.8 Å². The van der Waals surface area contributed by atoms with Crippen molar-refractivity contribution in [3.63, 3.8) is 0 Å². The quantitative estimate of drug-likeness (QED) is 0.763. The highest BCUT2D eigenvalue weighted by Crippen LogP contribution is 2.27. The molecule has 25 heavy (non-hydrogen) atoms. The van der Waals surface area contributed by atoms with Crippen LogP contribution in [0.15, 0.2) is 28.7 Å². The lowest BCUT2D eigenvalue weighted by Gasteiger charge is -2.30. The van der Waals surface area contributed by atoms with Crippen molar-refractivity contribution in [2.45, 2.75) is 38.5 Å². The number of benzene rings is 1. The van der Waals surface area contributed by atoms with Crippen molar-refractivity contribution in [1.82, 2.24) is 15.1 Å². The molecule has 1 fully saturated rings. The van der Waals surface area contributed by atoms with Crippen LogP contribution in [0.1, 0.15) is 53.7 Å². The van der Waals surface area contributed by atoms with Crippen molar-refractivity contribution < 1.29 is 14.0 Å². The van der Waals surface area contributed by atoms with Gasteiger partial charge in [0.1, 0.15) is 0 Å². The Morgan fingerprint density at radius 3 is 2.56 bits per heavy atom. The molecule has 0 unspecified atom stereocenters. The molecule has 0 radical (unpaired) electrons. The van der Waals surface area contributed by atoms with E-state index in [2.05, 4.69) is 10.2 Å². The van der Waals surface area contributed by atoms with Gasteiger partial charge >= 0.3 is 0 Å². The highest BCUT2D eigenvalue weighted by Gasteiger charge is 2.27. The minimum atomic E-state index is -0.102. The lowest BCUT2D eigenvalue weighted by molar-refractivity contribution is -0.132. The van der Waals surface area contributed by atoms with Crippen molar-refractivity contribution in [2.24, 2.45) is 0 Å². The molecule has 0 aliphatic carbocycles. The Labute approximate surface area is 151 Å². The van der Waals surface area contributed by atoms with Gasteiger partial charge in [0.05, 0.1) is 5.02 Å². The molecule has 3 rings (SSSR count). The van der Waals surface area contributed by atoms with E-state index in [1.54, 1.807) is 36.1 Å². The first-order valence-corrected chi connectivity index (χ1v) is 8.78. The fourth-order valence-corrected chi connectivity index (χ4v) is 3.29. The zero-order valence-electron chi connectivity index (χ0n) is 14.1. The monoisotopic (exact) mass is 361 g/mol. The van der Waals surface area contributed by atoms with E-state index >= 15 is 0 Å². The first-order chi connectivity index (χ1) is 12.0. The lowest BCUT2D eigenvalue weighted by atomic mass is 9.96. The number of aryl methyl sites for hydroxylation is 1. The molecule has 0 spiro atoms.